The van der Waals surface area contributed by atoms with Crippen LogP contribution in [0.3, 0.4) is 0 Å². The fraction of sp³-hybridized carbons (Fsp3) is 0.158. The highest BCUT2D eigenvalue weighted by molar-refractivity contribution is 5.57. The number of para-hydroxylation sites is 1. The molecule has 0 aliphatic rings. The summed E-state index contributed by atoms with van der Waals surface area (Å²) in [6.45, 7) is 4.27. The summed E-state index contributed by atoms with van der Waals surface area (Å²) in [6, 6.07) is 15.7. The van der Waals surface area contributed by atoms with Crippen LogP contribution in [-0.4, -0.2) is 24.9 Å². The Labute approximate surface area is 145 Å². The van der Waals surface area contributed by atoms with Gasteiger partial charge in [0.05, 0.1) is 5.69 Å². The zero-order chi connectivity index (χ0) is 17.2. The van der Waals surface area contributed by atoms with E-state index in [9.17, 15) is 0 Å². The third-order valence-corrected chi connectivity index (χ3v) is 3.91. The van der Waals surface area contributed by atoms with Gasteiger partial charge in [0.15, 0.2) is 5.69 Å². The Hall–Kier alpha value is -3.28. The Kier molecular flexibility index (Phi) is 3.85. The molecule has 25 heavy (non-hydrogen) atoms. The number of benzene rings is 1. The second-order valence-electron chi connectivity index (χ2n) is 6.02. The van der Waals surface area contributed by atoms with Crippen molar-refractivity contribution >= 4 is 0 Å². The second kappa shape index (κ2) is 6.32. The van der Waals surface area contributed by atoms with Crippen LogP contribution in [0.4, 0.5) is 0 Å². The summed E-state index contributed by atoms with van der Waals surface area (Å²) >= 11 is 0. The monoisotopic (exact) mass is 331 g/mol. The van der Waals surface area contributed by atoms with E-state index >= 15 is 0 Å². The minimum Gasteiger partial charge on any atom is -0.332 e. The van der Waals surface area contributed by atoms with E-state index in [1.54, 1.807) is 12.4 Å². The molecular formula is C19H17N5O. The van der Waals surface area contributed by atoms with Crippen molar-refractivity contribution in [2.45, 2.75) is 19.8 Å². The predicted octanol–water partition coefficient (Wildman–Crippen LogP) is 4.11. The molecule has 0 aliphatic carbocycles. The fourth-order valence-electron chi connectivity index (χ4n) is 2.63. The Morgan fingerprint density at radius 3 is 2.48 bits per heavy atom. The van der Waals surface area contributed by atoms with Crippen molar-refractivity contribution in [1.29, 1.82) is 0 Å². The topological polar surface area (TPSA) is 69.6 Å². The lowest BCUT2D eigenvalue weighted by atomic mass is 10.1. The summed E-state index contributed by atoms with van der Waals surface area (Å²) < 4.78 is 7.36. The van der Waals surface area contributed by atoms with E-state index in [1.807, 2.05) is 53.2 Å². The molecule has 0 fully saturated rings. The summed E-state index contributed by atoms with van der Waals surface area (Å²) in [5, 5.41) is 8.74. The van der Waals surface area contributed by atoms with Gasteiger partial charge in [-0.05, 0) is 36.2 Å². The van der Waals surface area contributed by atoms with Crippen LogP contribution in [0.1, 0.15) is 25.5 Å². The summed E-state index contributed by atoms with van der Waals surface area (Å²) in [7, 11) is 0. The molecule has 6 heteroatoms. The van der Waals surface area contributed by atoms with Gasteiger partial charge in [-0.2, -0.15) is 10.1 Å². The van der Waals surface area contributed by atoms with E-state index in [0.29, 0.717) is 23.3 Å². The molecule has 4 aromatic rings. The molecule has 6 nitrogen and oxygen atoms in total. The van der Waals surface area contributed by atoms with Crippen molar-refractivity contribution < 1.29 is 4.52 Å². The van der Waals surface area contributed by atoms with Gasteiger partial charge in [-0.3, -0.25) is 4.98 Å². The lowest BCUT2D eigenvalue weighted by molar-refractivity contribution is 0.430. The summed E-state index contributed by atoms with van der Waals surface area (Å²) in [5.41, 5.74) is 3.62. The predicted molar refractivity (Wildman–Crippen MR) is 94.2 cm³/mol. The lowest BCUT2D eigenvalue weighted by Gasteiger charge is -2.09. The zero-order valence-corrected chi connectivity index (χ0v) is 14.0. The molecule has 4 rings (SSSR count). The maximum Gasteiger partial charge on any atom is 0.278 e. The van der Waals surface area contributed by atoms with Crippen molar-refractivity contribution in [3.63, 3.8) is 0 Å². The van der Waals surface area contributed by atoms with E-state index in [2.05, 4.69) is 34.1 Å². The smallest absolute Gasteiger partial charge is 0.278 e. The van der Waals surface area contributed by atoms with Crippen LogP contribution >= 0.6 is 0 Å². The van der Waals surface area contributed by atoms with Crippen molar-refractivity contribution in [1.82, 2.24) is 24.9 Å². The molecule has 0 saturated heterocycles. The van der Waals surface area contributed by atoms with Crippen LogP contribution in [0.5, 0.6) is 0 Å². The van der Waals surface area contributed by atoms with E-state index in [-0.39, 0.29) is 0 Å². The Morgan fingerprint density at radius 2 is 1.76 bits per heavy atom. The first-order chi connectivity index (χ1) is 12.2. The van der Waals surface area contributed by atoms with Gasteiger partial charge in [0.1, 0.15) is 0 Å². The zero-order valence-electron chi connectivity index (χ0n) is 14.0. The molecule has 0 radical (unpaired) electrons. The van der Waals surface area contributed by atoms with E-state index in [1.165, 1.54) is 0 Å². The van der Waals surface area contributed by atoms with E-state index in [0.717, 1.165) is 16.9 Å². The van der Waals surface area contributed by atoms with Gasteiger partial charge in [-0.15, -0.1) is 0 Å². The first-order valence-electron chi connectivity index (χ1n) is 8.12. The second-order valence-corrected chi connectivity index (χ2v) is 6.02. The molecule has 0 aliphatic heterocycles. The van der Waals surface area contributed by atoms with E-state index < -0.39 is 0 Å². The van der Waals surface area contributed by atoms with Gasteiger partial charge >= 0.3 is 0 Å². The highest BCUT2D eigenvalue weighted by Crippen LogP contribution is 2.26. The normalized spacial score (nSPS) is 11.2. The summed E-state index contributed by atoms with van der Waals surface area (Å²) in [5.74, 6) is 1.24. The molecule has 1 aromatic carbocycles. The molecule has 0 unspecified atom stereocenters. The van der Waals surface area contributed by atoms with Crippen LogP contribution in [0.15, 0.2) is 65.4 Å². The van der Waals surface area contributed by atoms with Gasteiger partial charge in [-0.25, -0.2) is 4.68 Å². The minimum absolute atomic E-state index is 0.309. The Bertz CT molecular complexity index is 973. The van der Waals surface area contributed by atoms with Crippen molar-refractivity contribution in [2.24, 2.45) is 0 Å². The van der Waals surface area contributed by atoms with Crippen molar-refractivity contribution in [2.75, 3.05) is 0 Å². The summed E-state index contributed by atoms with van der Waals surface area (Å²) in [4.78, 5) is 8.48. The molecule has 3 aromatic heterocycles. The number of rotatable bonds is 4. The van der Waals surface area contributed by atoms with Crippen molar-refractivity contribution in [3.05, 3.63) is 66.6 Å². The van der Waals surface area contributed by atoms with Crippen molar-refractivity contribution in [3.8, 4) is 28.7 Å². The third-order valence-electron chi connectivity index (χ3n) is 3.91. The van der Waals surface area contributed by atoms with Gasteiger partial charge in [0, 0.05) is 23.7 Å². The maximum atomic E-state index is 5.43. The van der Waals surface area contributed by atoms with Gasteiger partial charge in [0.25, 0.3) is 5.89 Å². The minimum atomic E-state index is 0.309. The Balaban J connectivity index is 1.76. The molecule has 0 bridgehead atoms. The van der Waals surface area contributed by atoms with Gasteiger partial charge in [0.2, 0.25) is 5.82 Å². The number of hydrogen-bond donors (Lipinski definition) is 0. The lowest BCUT2D eigenvalue weighted by Crippen LogP contribution is -2.03. The first-order valence-corrected chi connectivity index (χ1v) is 8.12. The average molecular weight is 331 g/mol. The Morgan fingerprint density at radius 1 is 1.00 bits per heavy atom. The highest BCUT2D eigenvalue weighted by Gasteiger charge is 2.18. The van der Waals surface area contributed by atoms with E-state index in [4.69, 9.17) is 4.52 Å². The SMILES string of the molecule is CC(C)c1cc(-c2nc(-c3ccncc3)no2)nn1-c1ccccc1. The van der Waals surface area contributed by atoms with Crippen LogP contribution < -0.4 is 0 Å². The quantitative estimate of drug-likeness (QED) is 0.563. The highest BCUT2D eigenvalue weighted by atomic mass is 16.5. The molecule has 0 atom stereocenters. The fourth-order valence-corrected chi connectivity index (χ4v) is 2.63. The van der Waals surface area contributed by atoms with Gasteiger partial charge < -0.3 is 4.52 Å². The average Bonchev–Trinajstić information content (AvgIpc) is 3.30. The molecule has 0 amide bonds. The molecule has 0 saturated carbocycles. The van der Waals surface area contributed by atoms with Crippen LogP contribution in [-0.2, 0) is 0 Å². The number of pyridine rings is 1. The summed E-state index contributed by atoms with van der Waals surface area (Å²) in [6.07, 6.45) is 3.40. The number of nitrogens with zero attached hydrogens (tertiary/aromatic N) is 5. The maximum absolute atomic E-state index is 5.43. The third kappa shape index (κ3) is 2.94. The van der Waals surface area contributed by atoms with Gasteiger partial charge in [-0.1, -0.05) is 37.2 Å². The largest absolute Gasteiger partial charge is 0.332 e. The number of aromatic nitrogens is 5. The van der Waals surface area contributed by atoms with Crippen LogP contribution in [0.25, 0.3) is 28.7 Å². The molecule has 0 N–H and O–H groups in total. The van der Waals surface area contributed by atoms with Crippen LogP contribution in [0, 0.1) is 0 Å². The molecule has 0 spiro atoms. The van der Waals surface area contributed by atoms with Crippen LogP contribution in [0.2, 0.25) is 0 Å². The molecular weight excluding hydrogens is 314 g/mol. The molecule has 3 heterocycles. The standard InChI is InChI=1S/C19H17N5O/c1-13(2)17-12-16(22-24(17)15-6-4-3-5-7-15)19-21-18(23-25-19)14-8-10-20-11-9-14/h3-13H,1-2H3. The first kappa shape index (κ1) is 15.3. The number of hydrogen-bond acceptors (Lipinski definition) is 5. The molecule has 124 valence electrons.